The molecule has 1 heterocycles. The van der Waals surface area contributed by atoms with E-state index in [0.717, 1.165) is 5.56 Å². The van der Waals surface area contributed by atoms with Crippen LogP contribution in [0.3, 0.4) is 0 Å². The highest BCUT2D eigenvalue weighted by Crippen LogP contribution is 2.35. The first kappa shape index (κ1) is 17.8. The van der Waals surface area contributed by atoms with E-state index < -0.39 is 17.6 Å². The summed E-state index contributed by atoms with van der Waals surface area (Å²) < 4.78 is 16.6. The van der Waals surface area contributed by atoms with E-state index in [-0.39, 0.29) is 17.7 Å². The molecule has 0 saturated carbocycles. The second kappa shape index (κ2) is 7.47. The SMILES string of the molecule is Cn1cc(C(=O)NC(C=O)Cc2ccccc2)c(C2(F)C=CC=CC2)n1. The van der Waals surface area contributed by atoms with Gasteiger partial charge in [-0.3, -0.25) is 9.48 Å². The number of aromatic nitrogens is 2. The molecule has 6 heteroatoms. The number of hydrogen-bond donors (Lipinski definition) is 1. The number of alkyl halides is 1. The van der Waals surface area contributed by atoms with Gasteiger partial charge in [-0.05, 0) is 18.1 Å². The molecular formula is C20H20FN3O2. The molecule has 1 N–H and O–H groups in total. The molecule has 0 fully saturated rings. The van der Waals surface area contributed by atoms with Crippen LogP contribution in [0.15, 0.2) is 60.8 Å². The van der Waals surface area contributed by atoms with Crippen molar-refractivity contribution in [3.05, 3.63) is 77.7 Å². The molecule has 1 aliphatic rings. The van der Waals surface area contributed by atoms with Crippen LogP contribution in [-0.2, 0) is 23.9 Å². The number of aldehydes is 1. The van der Waals surface area contributed by atoms with Gasteiger partial charge in [-0.15, -0.1) is 0 Å². The Hall–Kier alpha value is -3.02. The number of allylic oxidation sites excluding steroid dienone is 4. The van der Waals surface area contributed by atoms with Gasteiger partial charge in [0.2, 0.25) is 0 Å². The molecule has 1 aliphatic carbocycles. The van der Waals surface area contributed by atoms with Crippen molar-refractivity contribution in [2.24, 2.45) is 7.05 Å². The Balaban J connectivity index is 1.80. The summed E-state index contributed by atoms with van der Waals surface area (Å²) in [5, 5.41) is 6.82. The maximum atomic E-state index is 15.2. The summed E-state index contributed by atoms with van der Waals surface area (Å²) in [6.45, 7) is 0. The zero-order valence-electron chi connectivity index (χ0n) is 14.4. The van der Waals surface area contributed by atoms with Crippen molar-refractivity contribution in [3.8, 4) is 0 Å². The fourth-order valence-electron chi connectivity index (χ4n) is 2.98. The number of rotatable bonds is 6. The maximum Gasteiger partial charge on any atom is 0.255 e. The molecule has 0 spiro atoms. The van der Waals surface area contributed by atoms with Crippen LogP contribution in [0.25, 0.3) is 0 Å². The van der Waals surface area contributed by atoms with E-state index in [1.54, 1.807) is 25.3 Å². The average Bonchev–Trinajstić information content (AvgIpc) is 3.05. The number of benzene rings is 1. The number of halogens is 1. The molecular weight excluding hydrogens is 333 g/mol. The first-order valence-corrected chi connectivity index (χ1v) is 8.39. The van der Waals surface area contributed by atoms with Gasteiger partial charge >= 0.3 is 0 Å². The molecule has 5 nitrogen and oxygen atoms in total. The molecule has 2 unspecified atom stereocenters. The largest absolute Gasteiger partial charge is 0.342 e. The predicted molar refractivity (Wildman–Crippen MR) is 96.4 cm³/mol. The third kappa shape index (κ3) is 3.79. The van der Waals surface area contributed by atoms with Gasteiger partial charge < -0.3 is 10.1 Å². The van der Waals surface area contributed by atoms with Crippen molar-refractivity contribution in [1.29, 1.82) is 0 Å². The second-order valence-corrected chi connectivity index (χ2v) is 6.32. The molecule has 2 aromatic rings. The van der Waals surface area contributed by atoms with Gasteiger partial charge in [0.1, 0.15) is 12.0 Å². The third-order valence-corrected chi connectivity index (χ3v) is 4.27. The van der Waals surface area contributed by atoms with Crippen molar-refractivity contribution in [3.63, 3.8) is 0 Å². The van der Waals surface area contributed by atoms with Crippen LogP contribution in [0.2, 0.25) is 0 Å². The molecule has 3 rings (SSSR count). The summed E-state index contributed by atoms with van der Waals surface area (Å²) in [4.78, 5) is 24.1. The van der Waals surface area contributed by atoms with E-state index in [4.69, 9.17) is 0 Å². The molecule has 1 aromatic heterocycles. The number of amides is 1. The molecule has 134 valence electrons. The summed E-state index contributed by atoms with van der Waals surface area (Å²) in [5.41, 5.74) is -0.713. The van der Waals surface area contributed by atoms with E-state index >= 15 is 4.39 Å². The smallest absolute Gasteiger partial charge is 0.255 e. The van der Waals surface area contributed by atoms with Gasteiger partial charge in [0.05, 0.1) is 11.6 Å². The van der Waals surface area contributed by atoms with Gasteiger partial charge in [0.15, 0.2) is 5.67 Å². The average molecular weight is 353 g/mol. The Morgan fingerprint density at radius 1 is 1.38 bits per heavy atom. The lowest BCUT2D eigenvalue weighted by molar-refractivity contribution is -0.109. The highest BCUT2D eigenvalue weighted by atomic mass is 19.1. The first-order chi connectivity index (χ1) is 12.5. The quantitative estimate of drug-likeness (QED) is 0.812. The lowest BCUT2D eigenvalue weighted by Crippen LogP contribution is -2.38. The molecule has 0 bridgehead atoms. The van der Waals surface area contributed by atoms with E-state index in [1.165, 1.54) is 17.0 Å². The Bertz CT molecular complexity index is 857. The lowest BCUT2D eigenvalue weighted by atomic mass is 9.91. The van der Waals surface area contributed by atoms with E-state index in [9.17, 15) is 9.59 Å². The normalized spacial score (nSPS) is 19.9. The summed E-state index contributed by atoms with van der Waals surface area (Å²) in [6, 6.07) is 8.69. The van der Waals surface area contributed by atoms with E-state index in [2.05, 4.69) is 10.4 Å². The van der Waals surface area contributed by atoms with E-state index in [0.29, 0.717) is 12.7 Å². The minimum atomic E-state index is -1.83. The molecule has 0 radical (unpaired) electrons. The van der Waals surface area contributed by atoms with Crippen LogP contribution < -0.4 is 5.32 Å². The number of carbonyl (C=O) groups is 2. The molecule has 1 aromatic carbocycles. The van der Waals surface area contributed by atoms with Crippen LogP contribution >= 0.6 is 0 Å². The summed E-state index contributed by atoms with van der Waals surface area (Å²) in [5.74, 6) is -0.513. The molecule has 0 aliphatic heterocycles. The topological polar surface area (TPSA) is 64.0 Å². The van der Waals surface area contributed by atoms with Crippen LogP contribution in [0.1, 0.15) is 28.0 Å². The highest BCUT2D eigenvalue weighted by molar-refractivity contribution is 5.97. The monoisotopic (exact) mass is 353 g/mol. The highest BCUT2D eigenvalue weighted by Gasteiger charge is 2.36. The van der Waals surface area contributed by atoms with Crippen molar-refractivity contribution < 1.29 is 14.0 Å². The summed E-state index contributed by atoms with van der Waals surface area (Å²) in [6.07, 6.45) is 9.09. The van der Waals surface area contributed by atoms with Crippen LogP contribution in [0, 0.1) is 0 Å². The Morgan fingerprint density at radius 2 is 2.15 bits per heavy atom. The van der Waals surface area contributed by atoms with Crippen molar-refractivity contribution >= 4 is 12.2 Å². The van der Waals surface area contributed by atoms with Crippen LogP contribution in [0.4, 0.5) is 4.39 Å². The van der Waals surface area contributed by atoms with Crippen molar-refractivity contribution in [1.82, 2.24) is 15.1 Å². The lowest BCUT2D eigenvalue weighted by Gasteiger charge is -2.21. The standard InChI is InChI=1S/C20H20FN3O2/c1-24-13-17(18(23-24)20(21)10-6-3-7-11-20)19(26)22-16(14-25)12-15-8-4-2-5-9-15/h2-10,13-14,16H,11-12H2,1H3,(H,22,26). The third-order valence-electron chi connectivity index (χ3n) is 4.27. The Morgan fingerprint density at radius 3 is 2.81 bits per heavy atom. The van der Waals surface area contributed by atoms with Gasteiger partial charge in [-0.2, -0.15) is 5.10 Å². The first-order valence-electron chi connectivity index (χ1n) is 8.39. The summed E-state index contributed by atoms with van der Waals surface area (Å²) >= 11 is 0. The maximum absolute atomic E-state index is 15.2. The number of carbonyl (C=O) groups excluding carboxylic acids is 2. The Kier molecular flexibility index (Phi) is 5.11. The molecule has 1 amide bonds. The number of aryl methyl sites for hydroxylation is 1. The number of nitrogens with one attached hydrogen (secondary N) is 1. The minimum Gasteiger partial charge on any atom is -0.342 e. The zero-order valence-corrected chi connectivity index (χ0v) is 14.4. The predicted octanol–water partition coefficient (Wildman–Crippen LogP) is 2.64. The molecule has 2 atom stereocenters. The van der Waals surface area contributed by atoms with Gasteiger partial charge in [0.25, 0.3) is 5.91 Å². The van der Waals surface area contributed by atoms with Crippen molar-refractivity contribution in [2.75, 3.05) is 0 Å². The summed E-state index contributed by atoms with van der Waals surface area (Å²) in [7, 11) is 1.63. The van der Waals surface area contributed by atoms with E-state index in [1.807, 2.05) is 30.3 Å². The Labute approximate surface area is 151 Å². The fraction of sp³-hybridized carbons (Fsp3) is 0.250. The number of hydrogen-bond acceptors (Lipinski definition) is 3. The zero-order chi connectivity index (χ0) is 18.6. The minimum absolute atomic E-state index is 0.0578. The fourth-order valence-corrected chi connectivity index (χ4v) is 2.98. The second-order valence-electron chi connectivity index (χ2n) is 6.32. The number of nitrogens with zero attached hydrogens (tertiary/aromatic N) is 2. The van der Waals surface area contributed by atoms with Crippen LogP contribution in [-0.4, -0.2) is 28.0 Å². The van der Waals surface area contributed by atoms with Gasteiger partial charge in [-0.1, -0.05) is 48.6 Å². The van der Waals surface area contributed by atoms with Crippen LogP contribution in [0.5, 0.6) is 0 Å². The van der Waals surface area contributed by atoms with Gasteiger partial charge in [0, 0.05) is 19.7 Å². The molecule has 26 heavy (non-hydrogen) atoms. The van der Waals surface area contributed by atoms with Crippen molar-refractivity contribution in [2.45, 2.75) is 24.6 Å². The molecule has 0 saturated heterocycles. The van der Waals surface area contributed by atoms with Gasteiger partial charge in [-0.25, -0.2) is 4.39 Å².